The zero-order valence-electron chi connectivity index (χ0n) is 11.3. The average molecular weight is 337 g/mol. The Balaban J connectivity index is 1.77. The monoisotopic (exact) mass is 336 g/mol. The zero-order valence-corrected chi connectivity index (χ0v) is 12.9. The van der Waals surface area contributed by atoms with Gasteiger partial charge in [-0.05, 0) is 25.1 Å². The molecule has 3 rings (SSSR count). The van der Waals surface area contributed by atoms with Gasteiger partial charge in [0.25, 0.3) is 0 Å². The molecule has 7 nitrogen and oxygen atoms in total. The molecule has 0 atom stereocenters. The Morgan fingerprint density at radius 2 is 1.91 bits per heavy atom. The minimum atomic E-state index is 0.290. The highest BCUT2D eigenvalue weighted by Gasteiger charge is 2.06. The third-order valence-electron chi connectivity index (χ3n) is 2.62. The lowest BCUT2D eigenvalue weighted by atomic mass is 10.3. The summed E-state index contributed by atoms with van der Waals surface area (Å²) in [5.41, 5.74) is 0.734. The van der Waals surface area contributed by atoms with E-state index in [2.05, 4.69) is 31.0 Å². The van der Waals surface area contributed by atoms with Gasteiger partial charge in [-0.25, -0.2) is 0 Å². The lowest BCUT2D eigenvalue weighted by Gasteiger charge is -2.07. The third kappa shape index (κ3) is 3.44. The summed E-state index contributed by atoms with van der Waals surface area (Å²) >= 11 is 11.8. The van der Waals surface area contributed by atoms with Crippen molar-refractivity contribution < 1.29 is 4.52 Å². The van der Waals surface area contributed by atoms with Crippen LogP contribution in [0.15, 0.2) is 35.0 Å². The van der Waals surface area contributed by atoms with Crippen LogP contribution in [0.3, 0.4) is 0 Å². The van der Waals surface area contributed by atoms with E-state index in [1.165, 1.54) is 6.20 Å². The molecular formula is C13H10Cl2N6O. The highest BCUT2D eigenvalue weighted by molar-refractivity contribution is 6.42. The van der Waals surface area contributed by atoms with Crippen LogP contribution in [0.1, 0.15) is 5.76 Å². The normalized spacial score (nSPS) is 10.5. The van der Waals surface area contributed by atoms with Crippen molar-refractivity contribution in [2.24, 2.45) is 0 Å². The molecule has 112 valence electrons. The van der Waals surface area contributed by atoms with Crippen molar-refractivity contribution in [2.45, 2.75) is 6.92 Å². The Hall–Kier alpha value is -2.38. The molecule has 0 spiro atoms. The first kappa shape index (κ1) is 14.6. The largest absolute Gasteiger partial charge is 0.360 e. The maximum absolute atomic E-state index is 5.97. The van der Waals surface area contributed by atoms with Gasteiger partial charge in [0, 0.05) is 11.8 Å². The minimum Gasteiger partial charge on any atom is -0.360 e. The van der Waals surface area contributed by atoms with E-state index in [1.54, 1.807) is 31.2 Å². The van der Waals surface area contributed by atoms with Gasteiger partial charge in [-0.2, -0.15) is 10.1 Å². The number of anilines is 4. The van der Waals surface area contributed by atoms with E-state index in [9.17, 15) is 0 Å². The number of hydrogen-bond acceptors (Lipinski definition) is 7. The average Bonchev–Trinajstić information content (AvgIpc) is 2.89. The Morgan fingerprint density at radius 3 is 2.64 bits per heavy atom. The first-order valence-electron chi connectivity index (χ1n) is 6.22. The van der Waals surface area contributed by atoms with E-state index in [0.717, 1.165) is 5.69 Å². The molecule has 0 aliphatic rings. The smallest absolute Gasteiger partial charge is 0.250 e. The summed E-state index contributed by atoms with van der Waals surface area (Å²) in [6.07, 6.45) is 1.49. The molecular weight excluding hydrogens is 327 g/mol. The maximum atomic E-state index is 5.97. The Labute approximate surface area is 135 Å². The van der Waals surface area contributed by atoms with Gasteiger partial charge in [0.05, 0.1) is 16.2 Å². The maximum Gasteiger partial charge on any atom is 0.250 e. The van der Waals surface area contributed by atoms with Crippen molar-refractivity contribution in [2.75, 3.05) is 10.6 Å². The van der Waals surface area contributed by atoms with Gasteiger partial charge in [-0.1, -0.05) is 28.4 Å². The van der Waals surface area contributed by atoms with Gasteiger partial charge in [-0.3, -0.25) is 0 Å². The third-order valence-corrected chi connectivity index (χ3v) is 3.36. The van der Waals surface area contributed by atoms with Crippen LogP contribution in [0.5, 0.6) is 0 Å². The Morgan fingerprint density at radius 1 is 1.05 bits per heavy atom. The van der Waals surface area contributed by atoms with E-state index in [1.807, 2.05) is 0 Å². The lowest BCUT2D eigenvalue weighted by molar-refractivity contribution is 0.400. The summed E-state index contributed by atoms with van der Waals surface area (Å²) in [7, 11) is 0. The second-order valence-corrected chi connectivity index (χ2v) is 5.18. The van der Waals surface area contributed by atoms with Crippen LogP contribution in [0.2, 0.25) is 10.0 Å². The van der Waals surface area contributed by atoms with Gasteiger partial charge in [0.2, 0.25) is 5.95 Å². The quantitative estimate of drug-likeness (QED) is 0.745. The molecule has 0 radical (unpaired) electrons. The van der Waals surface area contributed by atoms with E-state index in [4.69, 9.17) is 27.7 Å². The van der Waals surface area contributed by atoms with Crippen LogP contribution in [-0.2, 0) is 0 Å². The van der Waals surface area contributed by atoms with Crippen molar-refractivity contribution >= 4 is 46.5 Å². The minimum absolute atomic E-state index is 0.290. The van der Waals surface area contributed by atoms with Gasteiger partial charge in [-0.15, -0.1) is 5.10 Å². The molecule has 0 aliphatic heterocycles. The molecule has 0 amide bonds. The number of halogens is 2. The van der Waals surface area contributed by atoms with E-state index < -0.39 is 0 Å². The number of aryl methyl sites for hydroxylation is 1. The second kappa shape index (κ2) is 6.17. The first-order valence-corrected chi connectivity index (χ1v) is 6.98. The van der Waals surface area contributed by atoms with Crippen molar-refractivity contribution in [1.29, 1.82) is 0 Å². The molecule has 22 heavy (non-hydrogen) atoms. The predicted molar refractivity (Wildman–Crippen MR) is 84.1 cm³/mol. The molecule has 0 saturated heterocycles. The highest BCUT2D eigenvalue weighted by Crippen LogP contribution is 2.26. The van der Waals surface area contributed by atoms with Crippen LogP contribution in [0.4, 0.5) is 23.3 Å². The summed E-state index contributed by atoms with van der Waals surface area (Å²) in [5, 5.41) is 18.4. The fourth-order valence-corrected chi connectivity index (χ4v) is 1.98. The molecule has 2 heterocycles. The van der Waals surface area contributed by atoms with Crippen molar-refractivity contribution in [3.05, 3.63) is 46.3 Å². The summed E-state index contributed by atoms with van der Waals surface area (Å²) in [6.45, 7) is 1.79. The van der Waals surface area contributed by atoms with Gasteiger partial charge >= 0.3 is 0 Å². The van der Waals surface area contributed by atoms with Crippen LogP contribution in [0.25, 0.3) is 0 Å². The number of rotatable bonds is 4. The van der Waals surface area contributed by atoms with E-state index in [0.29, 0.717) is 33.4 Å². The van der Waals surface area contributed by atoms with Crippen LogP contribution in [0, 0.1) is 6.92 Å². The molecule has 3 aromatic rings. The molecule has 0 saturated carbocycles. The Bertz CT molecular complexity index is 807. The molecule has 2 aromatic heterocycles. The van der Waals surface area contributed by atoms with Crippen molar-refractivity contribution in [3.8, 4) is 0 Å². The second-order valence-electron chi connectivity index (χ2n) is 4.37. The summed E-state index contributed by atoms with van der Waals surface area (Å²) in [6, 6.07) is 6.89. The predicted octanol–water partition coefficient (Wildman–Crippen LogP) is 3.96. The van der Waals surface area contributed by atoms with Crippen LogP contribution >= 0.6 is 23.2 Å². The highest BCUT2D eigenvalue weighted by atomic mass is 35.5. The van der Waals surface area contributed by atoms with Gasteiger partial charge < -0.3 is 15.2 Å². The first-order chi connectivity index (χ1) is 10.6. The zero-order chi connectivity index (χ0) is 15.5. The van der Waals surface area contributed by atoms with Crippen molar-refractivity contribution in [3.63, 3.8) is 0 Å². The number of nitrogens with one attached hydrogen (secondary N) is 2. The topological polar surface area (TPSA) is 88.8 Å². The molecule has 9 heteroatoms. The lowest BCUT2D eigenvalue weighted by Crippen LogP contribution is -2.02. The number of benzene rings is 1. The Kier molecular flexibility index (Phi) is 4.08. The molecule has 1 aromatic carbocycles. The number of hydrogen-bond donors (Lipinski definition) is 2. The fraction of sp³-hybridized carbons (Fsp3) is 0.0769. The molecule has 0 bridgehead atoms. The van der Waals surface area contributed by atoms with Crippen molar-refractivity contribution in [1.82, 2.24) is 20.3 Å². The van der Waals surface area contributed by atoms with Crippen LogP contribution < -0.4 is 10.6 Å². The van der Waals surface area contributed by atoms with Gasteiger partial charge in [0.1, 0.15) is 5.76 Å². The summed E-state index contributed by atoms with van der Waals surface area (Å²) < 4.78 is 4.96. The van der Waals surface area contributed by atoms with E-state index in [-0.39, 0.29) is 0 Å². The van der Waals surface area contributed by atoms with Crippen LogP contribution in [-0.4, -0.2) is 20.3 Å². The molecule has 0 aliphatic carbocycles. The standard InChI is InChI=1S/C13H10Cl2N6O/c1-7-4-11(21-22-7)18-13-19-12(6-16-20-13)17-8-2-3-9(14)10(15)5-8/h2-6H,1H3,(H2,17,18,19,20,21). The van der Waals surface area contributed by atoms with E-state index >= 15 is 0 Å². The molecule has 0 fully saturated rings. The van der Waals surface area contributed by atoms with Gasteiger partial charge in [0.15, 0.2) is 11.6 Å². The summed E-state index contributed by atoms with van der Waals surface area (Å²) in [4.78, 5) is 4.27. The number of aromatic nitrogens is 4. The number of nitrogens with zero attached hydrogens (tertiary/aromatic N) is 4. The molecule has 0 unspecified atom stereocenters. The SMILES string of the molecule is Cc1cc(Nc2nncc(Nc3ccc(Cl)c(Cl)c3)n2)no1. The summed E-state index contributed by atoms with van der Waals surface area (Å²) in [5.74, 6) is 1.97. The fourth-order valence-electron chi connectivity index (χ4n) is 1.68. The molecule has 2 N–H and O–H groups in total.